The van der Waals surface area contributed by atoms with Crippen LogP contribution in [0.2, 0.25) is 0 Å². The number of benzene rings is 1. The molecule has 1 saturated carbocycles. The third-order valence-corrected chi connectivity index (χ3v) is 4.90. The van der Waals surface area contributed by atoms with Gasteiger partial charge in [-0.05, 0) is 37.8 Å². The molecular weight excluding hydrogens is 276 g/mol. The number of hydrogen-bond acceptors (Lipinski definition) is 4. The van der Waals surface area contributed by atoms with Gasteiger partial charge in [-0.25, -0.2) is 13.1 Å². The summed E-state index contributed by atoms with van der Waals surface area (Å²) in [7, 11) is -3.51. The molecule has 20 heavy (non-hydrogen) atoms. The van der Waals surface area contributed by atoms with Crippen LogP contribution in [0.3, 0.4) is 0 Å². The van der Waals surface area contributed by atoms with Gasteiger partial charge in [-0.15, -0.1) is 0 Å². The average molecular weight is 298 g/mol. The molecule has 6 heteroatoms. The van der Waals surface area contributed by atoms with Gasteiger partial charge in [-0.2, -0.15) is 0 Å². The summed E-state index contributed by atoms with van der Waals surface area (Å²) in [5.41, 5.74) is 5.86. The summed E-state index contributed by atoms with van der Waals surface area (Å²) in [4.78, 5) is 0.203. The van der Waals surface area contributed by atoms with E-state index in [9.17, 15) is 8.42 Å². The molecule has 2 rings (SSSR count). The molecule has 2 atom stereocenters. The molecule has 1 aromatic carbocycles. The van der Waals surface area contributed by atoms with E-state index < -0.39 is 10.0 Å². The van der Waals surface area contributed by atoms with Crippen molar-refractivity contribution < 1.29 is 13.2 Å². The maximum absolute atomic E-state index is 12.2. The Kier molecular flexibility index (Phi) is 5.01. The van der Waals surface area contributed by atoms with E-state index in [1.54, 1.807) is 24.3 Å². The summed E-state index contributed by atoms with van der Waals surface area (Å²) in [5, 5.41) is 0. The second-order valence-corrected chi connectivity index (χ2v) is 6.89. The number of ether oxygens (including phenoxy) is 1. The zero-order valence-corrected chi connectivity index (χ0v) is 12.5. The normalized spacial score (nSPS) is 22.9. The Hall–Kier alpha value is -1.11. The number of rotatable bonds is 6. The van der Waals surface area contributed by atoms with Crippen molar-refractivity contribution in [3.8, 4) is 5.75 Å². The van der Waals surface area contributed by atoms with E-state index in [0.29, 0.717) is 12.3 Å². The molecule has 1 aromatic rings. The summed E-state index contributed by atoms with van der Waals surface area (Å²) in [6.45, 7) is 2.34. The van der Waals surface area contributed by atoms with E-state index in [4.69, 9.17) is 10.5 Å². The van der Waals surface area contributed by atoms with Crippen LogP contribution >= 0.6 is 0 Å². The molecule has 0 bridgehead atoms. The molecule has 0 radical (unpaired) electrons. The number of nitrogens with two attached hydrogens (primary N) is 1. The van der Waals surface area contributed by atoms with Crippen molar-refractivity contribution in [3.63, 3.8) is 0 Å². The van der Waals surface area contributed by atoms with Crippen LogP contribution in [0.5, 0.6) is 5.75 Å². The molecule has 0 aromatic heterocycles. The minimum atomic E-state index is -3.51. The Morgan fingerprint density at radius 3 is 2.75 bits per heavy atom. The van der Waals surface area contributed by atoms with Crippen LogP contribution in [0.25, 0.3) is 0 Å². The van der Waals surface area contributed by atoms with E-state index in [2.05, 4.69) is 4.72 Å². The number of hydrogen-bond donors (Lipinski definition) is 2. The van der Waals surface area contributed by atoms with Gasteiger partial charge in [0.05, 0.1) is 0 Å². The molecule has 0 heterocycles. The Labute approximate surface area is 120 Å². The van der Waals surface area contributed by atoms with Crippen LogP contribution in [0.15, 0.2) is 29.2 Å². The lowest BCUT2D eigenvalue weighted by Gasteiger charge is -2.17. The van der Waals surface area contributed by atoms with Gasteiger partial charge in [0.25, 0.3) is 0 Å². The van der Waals surface area contributed by atoms with Crippen LogP contribution < -0.4 is 15.2 Å². The Morgan fingerprint density at radius 1 is 1.35 bits per heavy atom. The van der Waals surface area contributed by atoms with E-state index in [1.165, 1.54) is 0 Å². The molecule has 112 valence electrons. The molecular formula is C14H22N2O3S. The van der Waals surface area contributed by atoms with Crippen molar-refractivity contribution in [2.45, 2.75) is 49.6 Å². The lowest BCUT2D eigenvalue weighted by atomic mass is 10.3. The van der Waals surface area contributed by atoms with Crippen LogP contribution in [-0.2, 0) is 10.0 Å². The first-order chi connectivity index (χ1) is 9.53. The summed E-state index contributed by atoms with van der Waals surface area (Å²) in [6, 6.07) is 6.91. The van der Waals surface area contributed by atoms with Gasteiger partial charge in [-0.3, -0.25) is 0 Å². The quantitative estimate of drug-likeness (QED) is 0.836. The third kappa shape index (κ3) is 3.71. The highest BCUT2D eigenvalue weighted by molar-refractivity contribution is 7.89. The predicted octanol–water partition coefficient (Wildman–Crippen LogP) is 1.63. The second kappa shape index (κ2) is 6.56. The van der Waals surface area contributed by atoms with Crippen molar-refractivity contribution in [2.75, 3.05) is 6.54 Å². The Morgan fingerprint density at radius 2 is 2.10 bits per heavy atom. The minimum Gasteiger partial charge on any atom is -0.489 e. The number of sulfonamides is 1. The van der Waals surface area contributed by atoms with Gasteiger partial charge < -0.3 is 10.5 Å². The monoisotopic (exact) mass is 298 g/mol. The summed E-state index contributed by atoms with van der Waals surface area (Å²) >= 11 is 0. The summed E-state index contributed by atoms with van der Waals surface area (Å²) < 4.78 is 32.9. The number of nitrogens with one attached hydrogen (secondary N) is 1. The topological polar surface area (TPSA) is 81.4 Å². The number of para-hydroxylation sites is 1. The SMILES string of the molecule is CCCNS(=O)(=O)c1ccccc1OC1CCC(N)C1. The van der Waals surface area contributed by atoms with Crippen molar-refractivity contribution in [2.24, 2.45) is 5.73 Å². The molecule has 1 aliphatic rings. The van der Waals surface area contributed by atoms with Gasteiger partial charge in [0.15, 0.2) is 0 Å². The van der Waals surface area contributed by atoms with E-state index in [-0.39, 0.29) is 17.0 Å². The molecule has 5 nitrogen and oxygen atoms in total. The largest absolute Gasteiger partial charge is 0.489 e. The van der Waals surface area contributed by atoms with Gasteiger partial charge >= 0.3 is 0 Å². The minimum absolute atomic E-state index is 0.00697. The first-order valence-electron chi connectivity index (χ1n) is 7.04. The van der Waals surface area contributed by atoms with Crippen molar-refractivity contribution in [1.29, 1.82) is 0 Å². The van der Waals surface area contributed by atoms with Crippen molar-refractivity contribution in [1.82, 2.24) is 4.72 Å². The third-order valence-electron chi connectivity index (χ3n) is 3.40. The summed E-state index contributed by atoms with van der Waals surface area (Å²) in [6.07, 6.45) is 3.33. The highest BCUT2D eigenvalue weighted by Gasteiger charge is 2.26. The van der Waals surface area contributed by atoms with Gasteiger partial charge in [-0.1, -0.05) is 19.1 Å². The fourth-order valence-corrected chi connectivity index (χ4v) is 3.61. The second-order valence-electron chi connectivity index (χ2n) is 5.16. The highest BCUT2D eigenvalue weighted by atomic mass is 32.2. The lowest BCUT2D eigenvalue weighted by Crippen LogP contribution is -2.26. The molecule has 0 amide bonds. The molecule has 1 fully saturated rings. The molecule has 2 unspecified atom stereocenters. The van der Waals surface area contributed by atoms with E-state index in [0.717, 1.165) is 25.7 Å². The van der Waals surface area contributed by atoms with Gasteiger partial charge in [0, 0.05) is 12.6 Å². The zero-order valence-electron chi connectivity index (χ0n) is 11.7. The first-order valence-corrected chi connectivity index (χ1v) is 8.52. The molecule has 0 spiro atoms. The fourth-order valence-electron chi connectivity index (χ4n) is 2.34. The maximum Gasteiger partial charge on any atom is 0.244 e. The van der Waals surface area contributed by atoms with Gasteiger partial charge in [0.1, 0.15) is 16.7 Å². The van der Waals surface area contributed by atoms with Crippen LogP contribution in [0.1, 0.15) is 32.6 Å². The van der Waals surface area contributed by atoms with Crippen LogP contribution in [0.4, 0.5) is 0 Å². The zero-order chi connectivity index (χ0) is 14.6. The van der Waals surface area contributed by atoms with Crippen molar-refractivity contribution in [3.05, 3.63) is 24.3 Å². The summed E-state index contributed by atoms with van der Waals surface area (Å²) in [5.74, 6) is 0.412. The average Bonchev–Trinajstić information content (AvgIpc) is 2.82. The molecule has 0 saturated heterocycles. The van der Waals surface area contributed by atoms with Crippen LogP contribution in [0, 0.1) is 0 Å². The van der Waals surface area contributed by atoms with E-state index >= 15 is 0 Å². The lowest BCUT2D eigenvalue weighted by molar-refractivity contribution is 0.202. The highest BCUT2D eigenvalue weighted by Crippen LogP contribution is 2.28. The Balaban J connectivity index is 2.17. The molecule has 1 aliphatic carbocycles. The molecule has 0 aliphatic heterocycles. The first kappa shape index (κ1) is 15.3. The van der Waals surface area contributed by atoms with E-state index in [1.807, 2.05) is 6.92 Å². The standard InChI is InChI=1S/C14H22N2O3S/c1-2-9-16-20(17,18)14-6-4-3-5-13(14)19-12-8-7-11(15)10-12/h3-6,11-12,16H,2,7-10,15H2,1H3. The molecule has 3 N–H and O–H groups in total. The smallest absolute Gasteiger partial charge is 0.244 e. The van der Waals surface area contributed by atoms with Crippen LogP contribution in [-0.4, -0.2) is 27.1 Å². The fraction of sp³-hybridized carbons (Fsp3) is 0.571. The Bertz CT molecular complexity index is 545. The van der Waals surface area contributed by atoms with Gasteiger partial charge in [0.2, 0.25) is 10.0 Å². The maximum atomic E-state index is 12.2. The predicted molar refractivity (Wildman–Crippen MR) is 78.2 cm³/mol. The van der Waals surface area contributed by atoms with Crippen molar-refractivity contribution >= 4 is 10.0 Å².